The number of unbranched alkanes of at least 4 members (excludes halogenated alkanes) is 2. The van der Waals surface area contributed by atoms with E-state index in [1.165, 1.54) is 0 Å². The zero-order chi connectivity index (χ0) is 30.1. The number of rotatable bonds is 10. The van der Waals surface area contributed by atoms with Gasteiger partial charge >= 0.3 is 0 Å². The summed E-state index contributed by atoms with van der Waals surface area (Å²) in [5.41, 5.74) is 4.93. The van der Waals surface area contributed by atoms with E-state index in [-0.39, 0.29) is 18.0 Å². The molecule has 1 unspecified atom stereocenters. The highest BCUT2D eigenvalue weighted by molar-refractivity contribution is 6.03. The van der Waals surface area contributed by atoms with E-state index < -0.39 is 6.23 Å². The minimum Gasteiger partial charge on any atom is -0.493 e. The minimum atomic E-state index is -0.722. The summed E-state index contributed by atoms with van der Waals surface area (Å²) < 4.78 is 23.3. The maximum Gasteiger partial charge on any atom is 0.257 e. The summed E-state index contributed by atoms with van der Waals surface area (Å²) in [5, 5.41) is 14.6. The quantitative estimate of drug-likeness (QED) is 0.300. The predicted molar refractivity (Wildman–Crippen MR) is 165 cm³/mol. The van der Waals surface area contributed by atoms with Crippen LogP contribution < -0.4 is 24.3 Å². The zero-order valence-electron chi connectivity index (χ0n) is 24.9. The Bertz CT molecular complexity index is 1460. The van der Waals surface area contributed by atoms with Crippen LogP contribution in [0.15, 0.2) is 53.6 Å². The molecular formula is C33H40N4O6. The Labute approximate surface area is 252 Å². The van der Waals surface area contributed by atoms with Gasteiger partial charge in [-0.25, -0.2) is 0 Å². The molecule has 0 bridgehead atoms. The standard InChI is InChI=1S/C33H40N4O6/c1-20-10-22-16-34-26-14-30(28(40-3)12-24(26)32(38)36(22)18-20)42-8-6-5-7-9-43-31-15-27-25(13-29(31)41-4)33(39)37-19-21(2)11-23(37)17-35-27/h12-16,22-23,33,35,39H,1-2,5-11,17-19H2,3-4H3/t22-,23-,33?/m0/s1. The molecule has 3 atom stereocenters. The third kappa shape index (κ3) is 5.81. The molecule has 4 aliphatic rings. The maximum absolute atomic E-state index is 13.2. The Morgan fingerprint density at radius 1 is 0.930 bits per heavy atom. The van der Waals surface area contributed by atoms with Crippen LogP contribution in [-0.2, 0) is 0 Å². The van der Waals surface area contributed by atoms with Gasteiger partial charge in [-0.05, 0) is 44.2 Å². The van der Waals surface area contributed by atoms with Crippen LogP contribution in [0.2, 0.25) is 0 Å². The molecule has 0 spiro atoms. The molecule has 0 radical (unpaired) electrons. The van der Waals surface area contributed by atoms with Crippen molar-refractivity contribution >= 4 is 23.5 Å². The topological polar surface area (TPSA) is 105 Å². The molecule has 1 amide bonds. The highest BCUT2D eigenvalue weighted by Gasteiger charge is 2.37. The number of aliphatic hydroxyl groups excluding tert-OH is 1. The number of fused-ring (bicyclic) bond motifs is 4. The van der Waals surface area contributed by atoms with E-state index in [1.807, 2.05) is 18.3 Å². The van der Waals surface area contributed by atoms with Gasteiger partial charge in [-0.2, -0.15) is 0 Å². The van der Waals surface area contributed by atoms with Crippen molar-refractivity contribution in [2.75, 3.05) is 52.4 Å². The number of carbonyl (C=O) groups excluding carboxylic acids is 1. The van der Waals surface area contributed by atoms with Crippen LogP contribution in [0.3, 0.4) is 0 Å². The van der Waals surface area contributed by atoms with E-state index in [0.29, 0.717) is 60.6 Å². The fourth-order valence-electron chi connectivity index (χ4n) is 6.35. The third-order valence-electron chi connectivity index (χ3n) is 8.61. The van der Waals surface area contributed by atoms with E-state index in [4.69, 9.17) is 18.9 Å². The molecule has 4 aliphatic heterocycles. The summed E-state index contributed by atoms with van der Waals surface area (Å²) >= 11 is 0. The molecule has 0 saturated carbocycles. The smallest absolute Gasteiger partial charge is 0.257 e. The van der Waals surface area contributed by atoms with Gasteiger partial charge in [0.15, 0.2) is 23.0 Å². The van der Waals surface area contributed by atoms with E-state index in [2.05, 4.69) is 28.4 Å². The molecule has 2 N–H and O–H groups in total. The van der Waals surface area contributed by atoms with Crippen molar-refractivity contribution in [3.05, 3.63) is 59.7 Å². The molecule has 10 heteroatoms. The molecule has 2 saturated heterocycles. The molecule has 4 heterocycles. The molecule has 2 aromatic carbocycles. The molecule has 228 valence electrons. The monoisotopic (exact) mass is 588 g/mol. The number of ether oxygens (including phenoxy) is 4. The lowest BCUT2D eigenvalue weighted by Gasteiger charge is -2.26. The molecule has 2 aromatic rings. The summed E-state index contributed by atoms with van der Waals surface area (Å²) in [6, 6.07) is 7.47. The van der Waals surface area contributed by atoms with Crippen LogP contribution in [0.25, 0.3) is 0 Å². The number of aliphatic hydroxyl groups is 1. The zero-order valence-corrected chi connectivity index (χ0v) is 24.9. The average Bonchev–Trinajstić information content (AvgIpc) is 3.51. The van der Waals surface area contributed by atoms with E-state index in [9.17, 15) is 9.90 Å². The Hall–Kier alpha value is -4.02. The third-order valence-corrected chi connectivity index (χ3v) is 8.61. The second-order valence-electron chi connectivity index (χ2n) is 11.6. The minimum absolute atomic E-state index is 0.0582. The maximum atomic E-state index is 13.2. The second-order valence-corrected chi connectivity index (χ2v) is 11.6. The molecule has 10 nitrogen and oxygen atoms in total. The molecule has 6 rings (SSSR count). The summed E-state index contributed by atoms with van der Waals surface area (Å²) in [6.07, 6.45) is 5.28. The van der Waals surface area contributed by atoms with Crippen molar-refractivity contribution < 1.29 is 28.8 Å². The van der Waals surface area contributed by atoms with Gasteiger partial charge in [-0.1, -0.05) is 24.3 Å². The molecule has 43 heavy (non-hydrogen) atoms. The highest BCUT2D eigenvalue weighted by atomic mass is 16.5. The lowest BCUT2D eigenvalue weighted by atomic mass is 10.1. The predicted octanol–water partition coefficient (Wildman–Crippen LogP) is 4.87. The fourth-order valence-corrected chi connectivity index (χ4v) is 6.35. The first-order valence-electron chi connectivity index (χ1n) is 14.9. The normalized spacial score (nSPS) is 22.6. The Morgan fingerprint density at radius 2 is 1.63 bits per heavy atom. The van der Waals surface area contributed by atoms with Gasteiger partial charge in [0.05, 0.1) is 44.7 Å². The number of amides is 1. The van der Waals surface area contributed by atoms with Gasteiger partial charge in [-0.15, -0.1) is 0 Å². The first kappa shape index (κ1) is 29.1. The molecule has 2 fully saturated rings. The summed E-state index contributed by atoms with van der Waals surface area (Å²) in [6.45, 7) is 11.1. The number of hydrogen-bond donors (Lipinski definition) is 2. The van der Waals surface area contributed by atoms with E-state index in [0.717, 1.165) is 61.0 Å². The van der Waals surface area contributed by atoms with Crippen molar-refractivity contribution in [3.63, 3.8) is 0 Å². The number of hydrogen-bond acceptors (Lipinski definition) is 9. The lowest BCUT2D eigenvalue weighted by molar-refractivity contribution is 0.000194. The lowest BCUT2D eigenvalue weighted by Crippen LogP contribution is -2.35. The first-order chi connectivity index (χ1) is 20.9. The van der Waals surface area contributed by atoms with Crippen LogP contribution in [0, 0.1) is 0 Å². The number of nitrogens with zero attached hydrogens (tertiary/aromatic N) is 3. The van der Waals surface area contributed by atoms with E-state index >= 15 is 0 Å². The summed E-state index contributed by atoms with van der Waals surface area (Å²) in [7, 11) is 3.19. The Balaban J connectivity index is 1.01. The summed E-state index contributed by atoms with van der Waals surface area (Å²) in [4.78, 5) is 21.7. The van der Waals surface area contributed by atoms with Gasteiger partial charge in [0, 0.05) is 55.3 Å². The van der Waals surface area contributed by atoms with Gasteiger partial charge < -0.3 is 34.3 Å². The average molecular weight is 589 g/mol. The van der Waals surface area contributed by atoms with Crippen molar-refractivity contribution in [3.8, 4) is 23.0 Å². The van der Waals surface area contributed by atoms with Crippen molar-refractivity contribution in [1.29, 1.82) is 0 Å². The van der Waals surface area contributed by atoms with E-state index in [1.54, 1.807) is 31.3 Å². The number of aliphatic imine (C=N–C) groups is 1. The van der Waals surface area contributed by atoms with Crippen LogP contribution in [0.4, 0.5) is 11.4 Å². The largest absolute Gasteiger partial charge is 0.493 e. The van der Waals surface area contributed by atoms with Crippen LogP contribution in [0.5, 0.6) is 23.0 Å². The van der Waals surface area contributed by atoms with Gasteiger partial charge in [-0.3, -0.25) is 14.7 Å². The molecule has 0 aliphatic carbocycles. The number of anilines is 1. The molecular weight excluding hydrogens is 548 g/mol. The number of carbonyl (C=O) groups is 1. The number of methoxy groups -OCH3 is 2. The SMILES string of the molecule is C=C1C[C@H]2C=Nc3cc(OCCCCCOc4cc5c(cc4OC)C(O)N4CC(=C)C[C@H]4CN5)c(OC)cc3C(=O)N2C1. The Kier molecular flexibility index (Phi) is 8.32. The van der Waals surface area contributed by atoms with Gasteiger partial charge in [0.2, 0.25) is 0 Å². The first-order valence-corrected chi connectivity index (χ1v) is 14.9. The number of nitrogens with one attached hydrogen (secondary N) is 1. The second kappa shape index (κ2) is 12.3. The van der Waals surface area contributed by atoms with Crippen molar-refractivity contribution in [2.24, 2.45) is 4.99 Å². The highest BCUT2D eigenvalue weighted by Crippen LogP contribution is 2.42. The van der Waals surface area contributed by atoms with Gasteiger partial charge in [0.25, 0.3) is 5.91 Å². The molecule has 0 aromatic heterocycles. The van der Waals surface area contributed by atoms with Crippen LogP contribution >= 0.6 is 0 Å². The Morgan fingerprint density at radius 3 is 2.37 bits per heavy atom. The van der Waals surface area contributed by atoms with Crippen molar-refractivity contribution in [1.82, 2.24) is 9.80 Å². The fraction of sp³-hybridized carbons (Fsp3) is 0.455. The van der Waals surface area contributed by atoms with Crippen LogP contribution in [0.1, 0.15) is 54.3 Å². The summed E-state index contributed by atoms with van der Waals surface area (Å²) in [5.74, 6) is 2.27. The van der Waals surface area contributed by atoms with Crippen molar-refractivity contribution in [2.45, 2.75) is 50.4 Å². The van der Waals surface area contributed by atoms with Gasteiger partial charge in [0.1, 0.15) is 6.23 Å². The van der Waals surface area contributed by atoms with Crippen LogP contribution in [-0.4, -0.2) is 86.2 Å². The number of benzene rings is 2.